The summed E-state index contributed by atoms with van der Waals surface area (Å²) in [5.74, 6) is -1.12. The van der Waals surface area contributed by atoms with Crippen molar-refractivity contribution in [3.63, 3.8) is 0 Å². The van der Waals surface area contributed by atoms with E-state index in [1.54, 1.807) is 0 Å². The van der Waals surface area contributed by atoms with Gasteiger partial charge in [0.05, 0.1) is 18.8 Å². The number of anilines is 1. The smallest absolute Gasteiger partial charge is 0.278 e. The number of benzene rings is 3. The van der Waals surface area contributed by atoms with E-state index in [-0.39, 0.29) is 23.1 Å². The monoisotopic (exact) mass is 459 g/mol. The zero-order valence-electron chi connectivity index (χ0n) is 18.8. The summed E-state index contributed by atoms with van der Waals surface area (Å²) < 4.78 is 19.0. The zero-order chi connectivity index (χ0) is 23.5. The average Bonchev–Trinajstić information content (AvgIpc) is 3.10. The number of carbonyl (C=O) groups excluding carboxylic acids is 2. The summed E-state index contributed by atoms with van der Waals surface area (Å²) in [7, 11) is 0. The van der Waals surface area contributed by atoms with Gasteiger partial charge in [-0.1, -0.05) is 48.5 Å². The number of amides is 2. The molecule has 0 saturated carbocycles. The normalized spacial score (nSPS) is 17.1. The fourth-order valence-electron chi connectivity index (χ4n) is 4.53. The summed E-state index contributed by atoms with van der Waals surface area (Å²) in [6.07, 6.45) is 0.676. The van der Waals surface area contributed by atoms with Crippen LogP contribution in [0.5, 0.6) is 0 Å². The summed E-state index contributed by atoms with van der Waals surface area (Å²) in [4.78, 5) is 30.5. The minimum absolute atomic E-state index is 0.222. The molecule has 6 nitrogen and oxygen atoms in total. The molecule has 2 aliphatic heterocycles. The number of hydrogen-bond donors (Lipinski definition) is 1. The third kappa shape index (κ3) is 4.44. The Morgan fingerprint density at radius 1 is 0.853 bits per heavy atom. The molecule has 174 valence electrons. The molecule has 0 spiro atoms. The summed E-state index contributed by atoms with van der Waals surface area (Å²) in [6.45, 7) is 4.23. The van der Waals surface area contributed by atoms with E-state index in [0.717, 1.165) is 36.1 Å². The third-order valence-corrected chi connectivity index (χ3v) is 6.31. The number of carbonyl (C=O) groups is 2. The number of hydrogen-bond acceptors (Lipinski definition) is 5. The quantitative estimate of drug-likeness (QED) is 0.543. The van der Waals surface area contributed by atoms with E-state index < -0.39 is 5.82 Å². The molecule has 5 rings (SSSR count). The second-order valence-electron chi connectivity index (χ2n) is 8.48. The van der Waals surface area contributed by atoms with Crippen LogP contribution in [0, 0.1) is 5.82 Å². The highest BCUT2D eigenvalue weighted by atomic mass is 19.1. The molecular weight excluding hydrogens is 433 g/mol. The lowest BCUT2D eigenvalue weighted by atomic mass is 10.0. The molecule has 0 aliphatic carbocycles. The van der Waals surface area contributed by atoms with Crippen LogP contribution in [-0.4, -0.2) is 61.0 Å². The first kappa shape index (κ1) is 22.3. The predicted octanol–water partition coefficient (Wildman–Crippen LogP) is 3.89. The minimum Gasteiger partial charge on any atom is -0.379 e. The van der Waals surface area contributed by atoms with Gasteiger partial charge in [-0.15, -0.1) is 0 Å². The van der Waals surface area contributed by atoms with Gasteiger partial charge in [0, 0.05) is 37.3 Å². The first-order valence-electron chi connectivity index (χ1n) is 11.5. The SMILES string of the molecule is O=C1C(Nc2cccc3ccccc23)=C(c2ccc(F)cc2)C(=O)N1CCCN1CCOCC1. The topological polar surface area (TPSA) is 61.9 Å². The van der Waals surface area contributed by atoms with Gasteiger partial charge in [0.2, 0.25) is 0 Å². The highest BCUT2D eigenvalue weighted by Crippen LogP contribution is 2.33. The molecule has 2 aliphatic rings. The standard InChI is InChI=1S/C27H26FN3O3/c28-21-11-9-20(10-12-21)24-25(29-23-8-3-6-19-5-1-2-7-22(19)23)27(33)31(26(24)32)14-4-13-30-15-17-34-18-16-30/h1-3,5-12,29H,4,13-18H2. The summed E-state index contributed by atoms with van der Waals surface area (Å²) in [5.41, 5.74) is 1.74. The van der Waals surface area contributed by atoms with E-state index in [9.17, 15) is 14.0 Å². The highest BCUT2D eigenvalue weighted by molar-refractivity contribution is 6.36. The Morgan fingerprint density at radius 3 is 2.38 bits per heavy atom. The Kier molecular flexibility index (Phi) is 6.38. The Balaban J connectivity index is 1.44. The van der Waals surface area contributed by atoms with E-state index in [4.69, 9.17) is 4.74 Å². The van der Waals surface area contributed by atoms with Crippen molar-refractivity contribution in [3.8, 4) is 0 Å². The van der Waals surface area contributed by atoms with Gasteiger partial charge in [-0.3, -0.25) is 19.4 Å². The number of nitrogens with one attached hydrogen (secondary N) is 1. The van der Waals surface area contributed by atoms with E-state index in [0.29, 0.717) is 31.7 Å². The number of morpholine rings is 1. The van der Waals surface area contributed by atoms with Crippen LogP contribution < -0.4 is 5.32 Å². The van der Waals surface area contributed by atoms with Crippen LogP contribution in [-0.2, 0) is 14.3 Å². The number of nitrogens with zero attached hydrogens (tertiary/aromatic N) is 2. The minimum atomic E-state index is -0.396. The Labute approximate surface area is 197 Å². The molecule has 0 radical (unpaired) electrons. The van der Waals surface area contributed by atoms with Gasteiger partial charge in [0.15, 0.2) is 0 Å². The highest BCUT2D eigenvalue weighted by Gasteiger charge is 2.39. The van der Waals surface area contributed by atoms with Crippen molar-refractivity contribution in [2.24, 2.45) is 0 Å². The summed E-state index contributed by atoms with van der Waals surface area (Å²) in [5, 5.41) is 5.21. The zero-order valence-corrected chi connectivity index (χ0v) is 18.8. The number of imide groups is 1. The molecule has 7 heteroatoms. The molecular formula is C27H26FN3O3. The molecule has 3 aromatic carbocycles. The molecule has 34 heavy (non-hydrogen) atoms. The Bertz CT molecular complexity index is 1240. The Hall–Kier alpha value is -3.55. The maximum absolute atomic E-state index is 13.6. The van der Waals surface area contributed by atoms with Gasteiger partial charge in [0.1, 0.15) is 11.5 Å². The van der Waals surface area contributed by atoms with Gasteiger partial charge in [-0.2, -0.15) is 0 Å². The van der Waals surface area contributed by atoms with Crippen LogP contribution in [0.25, 0.3) is 16.3 Å². The summed E-state index contributed by atoms with van der Waals surface area (Å²) >= 11 is 0. The first-order chi connectivity index (χ1) is 16.6. The molecule has 0 unspecified atom stereocenters. The molecule has 0 bridgehead atoms. The number of rotatable bonds is 7. The fourth-order valence-corrected chi connectivity index (χ4v) is 4.53. The van der Waals surface area contributed by atoms with Crippen molar-refractivity contribution in [3.05, 3.63) is 83.8 Å². The van der Waals surface area contributed by atoms with Crippen molar-refractivity contribution in [2.45, 2.75) is 6.42 Å². The van der Waals surface area contributed by atoms with E-state index in [2.05, 4.69) is 10.2 Å². The molecule has 0 atom stereocenters. The first-order valence-corrected chi connectivity index (χ1v) is 11.5. The third-order valence-electron chi connectivity index (χ3n) is 6.31. The van der Waals surface area contributed by atoms with Crippen molar-refractivity contribution in [1.82, 2.24) is 9.80 Å². The van der Waals surface area contributed by atoms with Gasteiger partial charge < -0.3 is 10.1 Å². The fraction of sp³-hybridized carbons (Fsp3) is 0.259. The lowest BCUT2D eigenvalue weighted by molar-refractivity contribution is -0.136. The molecule has 0 aromatic heterocycles. The molecule has 3 aromatic rings. The van der Waals surface area contributed by atoms with Crippen LogP contribution in [0.15, 0.2) is 72.4 Å². The van der Waals surface area contributed by atoms with Gasteiger partial charge in [-0.05, 0) is 35.6 Å². The largest absolute Gasteiger partial charge is 0.379 e. The van der Waals surface area contributed by atoms with Crippen LogP contribution in [0.1, 0.15) is 12.0 Å². The van der Waals surface area contributed by atoms with Crippen molar-refractivity contribution < 1.29 is 18.7 Å². The molecule has 1 N–H and O–H groups in total. The predicted molar refractivity (Wildman–Crippen MR) is 129 cm³/mol. The maximum Gasteiger partial charge on any atom is 0.278 e. The maximum atomic E-state index is 13.6. The molecule has 1 saturated heterocycles. The van der Waals surface area contributed by atoms with Gasteiger partial charge >= 0.3 is 0 Å². The van der Waals surface area contributed by atoms with E-state index >= 15 is 0 Å². The Morgan fingerprint density at radius 2 is 1.59 bits per heavy atom. The van der Waals surface area contributed by atoms with Crippen molar-refractivity contribution in [2.75, 3.05) is 44.7 Å². The van der Waals surface area contributed by atoms with Crippen molar-refractivity contribution in [1.29, 1.82) is 0 Å². The van der Waals surface area contributed by atoms with Crippen LogP contribution >= 0.6 is 0 Å². The van der Waals surface area contributed by atoms with Gasteiger partial charge in [-0.25, -0.2) is 4.39 Å². The molecule has 1 fully saturated rings. The lowest BCUT2D eigenvalue weighted by Gasteiger charge is -2.27. The average molecular weight is 460 g/mol. The molecule has 2 heterocycles. The van der Waals surface area contributed by atoms with E-state index in [1.807, 2.05) is 42.5 Å². The second-order valence-corrected chi connectivity index (χ2v) is 8.48. The van der Waals surface area contributed by atoms with Gasteiger partial charge in [0.25, 0.3) is 11.8 Å². The second kappa shape index (κ2) is 9.75. The summed E-state index contributed by atoms with van der Waals surface area (Å²) in [6, 6.07) is 19.3. The van der Waals surface area contributed by atoms with Crippen LogP contribution in [0.4, 0.5) is 10.1 Å². The number of fused-ring (bicyclic) bond motifs is 1. The van der Waals surface area contributed by atoms with Crippen molar-refractivity contribution >= 4 is 33.8 Å². The van der Waals surface area contributed by atoms with E-state index in [1.165, 1.54) is 29.2 Å². The lowest BCUT2D eigenvalue weighted by Crippen LogP contribution is -2.39. The van der Waals surface area contributed by atoms with Crippen LogP contribution in [0.2, 0.25) is 0 Å². The number of halogens is 1. The van der Waals surface area contributed by atoms with Crippen LogP contribution in [0.3, 0.4) is 0 Å². The number of ether oxygens (including phenoxy) is 1. The molecule has 2 amide bonds.